The second kappa shape index (κ2) is 4.77. The smallest absolute Gasteiger partial charge is 0.00567 e. The molecule has 0 bridgehead atoms. The Morgan fingerprint density at radius 1 is 0.500 bits per heavy atom. The number of allylic oxidation sites excluding steroid dienone is 4. The second-order valence-corrected chi connectivity index (χ2v) is 6.50. The van der Waals surface area contributed by atoms with Crippen molar-refractivity contribution in [3.05, 3.63) is 22.3 Å². The minimum Gasteiger partial charge on any atom is -0.0769 e. The van der Waals surface area contributed by atoms with E-state index in [1.165, 1.54) is 22.3 Å². The summed E-state index contributed by atoms with van der Waals surface area (Å²) in [5.41, 5.74) is 6.32. The van der Waals surface area contributed by atoms with Crippen LogP contribution in [0.1, 0.15) is 69.2 Å². The summed E-state index contributed by atoms with van der Waals surface area (Å²) in [6, 6.07) is 0. The maximum Gasteiger partial charge on any atom is -0.00567 e. The molecule has 0 aromatic carbocycles. The molecule has 0 heteroatoms. The number of hydrogen-bond donors (Lipinski definition) is 0. The third-order valence-electron chi connectivity index (χ3n) is 4.94. The van der Waals surface area contributed by atoms with Crippen LogP contribution in [0.3, 0.4) is 0 Å². The van der Waals surface area contributed by atoms with Gasteiger partial charge in [-0.1, -0.05) is 50.0 Å². The summed E-state index contributed by atoms with van der Waals surface area (Å²) in [6.45, 7) is 22.9. The summed E-state index contributed by atoms with van der Waals surface area (Å²) in [5.74, 6) is 0. The molecule has 0 fully saturated rings. The largest absolute Gasteiger partial charge is 0.0769 e. The van der Waals surface area contributed by atoms with E-state index in [0.717, 1.165) is 0 Å². The molecule has 0 heterocycles. The van der Waals surface area contributed by atoms with Gasteiger partial charge in [-0.15, -0.1) is 0 Å². The molecular formula is C16H30. The zero-order valence-corrected chi connectivity index (χ0v) is 13.0. The van der Waals surface area contributed by atoms with Gasteiger partial charge in [-0.3, -0.25) is 0 Å². The van der Waals surface area contributed by atoms with Gasteiger partial charge in [-0.2, -0.15) is 0 Å². The molecule has 0 unspecified atom stereocenters. The standard InChI is InChI=1S/C16H30/c1-11(2)13(5)15(7,8)16(9,10)14(6)12(3)4/h1-10H3. The highest BCUT2D eigenvalue weighted by Crippen LogP contribution is 2.50. The van der Waals surface area contributed by atoms with Crippen molar-refractivity contribution in [1.29, 1.82) is 0 Å². The van der Waals surface area contributed by atoms with Crippen LogP contribution in [0.4, 0.5) is 0 Å². The molecule has 0 aromatic rings. The van der Waals surface area contributed by atoms with Crippen LogP contribution in [0.25, 0.3) is 0 Å². The lowest BCUT2D eigenvalue weighted by atomic mass is 9.59. The van der Waals surface area contributed by atoms with Crippen molar-refractivity contribution in [2.75, 3.05) is 0 Å². The fraction of sp³-hybridized carbons (Fsp3) is 0.750. The number of rotatable bonds is 3. The Bertz CT molecular complexity index is 280. The molecule has 0 N–H and O–H groups in total. The molecule has 0 aromatic heterocycles. The van der Waals surface area contributed by atoms with E-state index in [0.29, 0.717) is 0 Å². The van der Waals surface area contributed by atoms with Gasteiger partial charge in [0.2, 0.25) is 0 Å². The highest BCUT2D eigenvalue weighted by molar-refractivity contribution is 5.27. The normalized spacial score (nSPS) is 12.4. The minimum absolute atomic E-state index is 0.202. The SMILES string of the molecule is CC(C)=C(C)C(C)(C)C(C)(C)C(C)=C(C)C. The molecule has 0 spiro atoms. The van der Waals surface area contributed by atoms with Crippen molar-refractivity contribution in [1.82, 2.24) is 0 Å². The Kier molecular flexibility index (Phi) is 4.62. The minimum atomic E-state index is 0.202. The average molecular weight is 222 g/mol. The molecule has 0 radical (unpaired) electrons. The van der Waals surface area contributed by atoms with Gasteiger partial charge >= 0.3 is 0 Å². The van der Waals surface area contributed by atoms with Gasteiger partial charge in [0.05, 0.1) is 0 Å². The van der Waals surface area contributed by atoms with Crippen LogP contribution < -0.4 is 0 Å². The van der Waals surface area contributed by atoms with Gasteiger partial charge in [0.25, 0.3) is 0 Å². The summed E-state index contributed by atoms with van der Waals surface area (Å²) in [4.78, 5) is 0. The number of hydrogen-bond acceptors (Lipinski definition) is 0. The molecule has 0 rings (SSSR count). The average Bonchev–Trinajstić information content (AvgIpc) is 2.14. The third-order valence-corrected chi connectivity index (χ3v) is 4.94. The first-order valence-electron chi connectivity index (χ1n) is 6.25. The highest BCUT2D eigenvalue weighted by Gasteiger charge is 2.39. The third kappa shape index (κ3) is 2.59. The van der Waals surface area contributed by atoms with Crippen LogP contribution in [0.5, 0.6) is 0 Å². The quantitative estimate of drug-likeness (QED) is 0.533. The monoisotopic (exact) mass is 222 g/mol. The van der Waals surface area contributed by atoms with E-state index in [4.69, 9.17) is 0 Å². The lowest BCUT2D eigenvalue weighted by Gasteiger charge is -2.45. The van der Waals surface area contributed by atoms with E-state index in [9.17, 15) is 0 Å². The van der Waals surface area contributed by atoms with E-state index in [-0.39, 0.29) is 10.8 Å². The van der Waals surface area contributed by atoms with Crippen molar-refractivity contribution in [2.24, 2.45) is 10.8 Å². The van der Waals surface area contributed by atoms with E-state index < -0.39 is 0 Å². The molecule has 16 heavy (non-hydrogen) atoms. The van der Waals surface area contributed by atoms with Crippen LogP contribution in [0, 0.1) is 10.8 Å². The van der Waals surface area contributed by atoms with E-state index in [2.05, 4.69) is 69.2 Å². The topological polar surface area (TPSA) is 0 Å². The molecule has 0 atom stereocenters. The first-order valence-corrected chi connectivity index (χ1v) is 6.25. The zero-order valence-electron chi connectivity index (χ0n) is 13.0. The highest BCUT2D eigenvalue weighted by atomic mass is 14.4. The van der Waals surface area contributed by atoms with Gasteiger partial charge < -0.3 is 0 Å². The molecule has 0 aliphatic heterocycles. The summed E-state index contributed by atoms with van der Waals surface area (Å²) in [7, 11) is 0. The Morgan fingerprint density at radius 3 is 0.812 bits per heavy atom. The Labute approximate surface area is 103 Å². The molecule has 94 valence electrons. The lowest BCUT2D eigenvalue weighted by molar-refractivity contribution is 0.195. The zero-order chi connectivity index (χ0) is 13.3. The summed E-state index contributed by atoms with van der Waals surface area (Å²) in [6.07, 6.45) is 0. The van der Waals surface area contributed by atoms with Crippen molar-refractivity contribution >= 4 is 0 Å². The van der Waals surface area contributed by atoms with E-state index in [1.807, 2.05) is 0 Å². The van der Waals surface area contributed by atoms with Gasteiger partial charge in [-0.05, 0) is 52.4 Å². The fourth-order valence-corrected chi connectivity index (χ4v) is 2.19. The van der Waals surface area contributed by atoms with Gasteiger partial charge in [-0.25, -0.2) is 0 Å². The molecule has 0 saturated carbocycles. The lowest BCUT2D eigenvalue weighted by Crippen LogP contribution is -2.35. The second-order valence-electron chi connectivity index (χ2n) is 6.50. The summed E-state index contributed by atoms with van der Waals surface area (Å²) >= 11 is 0. The Hall–Kier alpha value is -0.520. The predicted octanol–water partition coefficient (Wildman–Crippen LogP) is 5.75. The molecule has 0 amide bonds. The van der Waals surface area contributed by atoms with E-state index >= 15 is 0 Å². The van der Waals surface area contributed by atoms with Crippen LogP contribution in [-0.2, 0) is 0 Å². The van der Waals surface area contributed by atoms with Crippen molar-refractivity contribution in [3.8, 4) is 0 Å². The van der Waals surface area contributed by atoms with Gasteiger partial charge in [0, 0.05) is 0 Å². The van der Waals surface area contributed by atoms with Gasteiger partial charge in [0.1, 0.15) is 0 Å². The maximum absolute atomic E-state index is 2.36. The summed E-state index contributed by atoms with van der Waals surface area (Å²) in [5, 5.41) is 0. The van der Waals surface area contributed by atoms with Crippen molar-refractivity contribution < 1.29 is 0 Å². The fourth-order valence-electron chi connectivity index (χ4n) is 2.19. The first kappa shape index (κ1) is 15.5. The van der Waals surface area contributed by atoms with Crippen molar-refractivity contribution in [3.63, 3.8) is 0 Å². The van der Waals surface area contributed by atoms with Crippen LogP contribution >= 0.6 is 0 Å². The summed E-state index contributed by atoms with van der Waals surface area (Å²) < 4.78 is 0. The molecule has 0 aliphatic rings. The molecule has 0 aliphatic carbocycles. The van der Waals surface area contributed by atoms with Crippen LogP contribution in [-0.4, -0.2) is 0 Å². The maximum atomic E-state index is 2.36. The molecular weight excluding hydrogens is 192 g/mol. The Morgan fingerprint density at radius 2 is 0.688 bits per heavy atom. The molecule has 0 nitrogen and oxygen atoms in total. The Balaban J connectivity index is 5.66. The van der Waals surface area contributed by atoms with Crippen molar-refractivity contribution in [2.45, 2.75) is 69.2 Å². The predicted molar refractivity (Wildman–Crippen MR) is 75.7 cm³/mol. The van der Waals surface area contributed by atoms with Gasteiger partial charge in [0.15, 0.2) is 0 Å². The molecule has 0 saturated heterocycles. The van der Waals surface area contributed by atoms with Crippen LogP contribution in [0.15, 0.2) is 22.3 Å². The first-order chi connectivity index (χ1) is 6.96. The van der Waals surface area contributed by atoms with E-state index in [1.54, 1.807) is 0 Å². The van der Waals surface area contributed by atoms with Crippen LogP contribution in [0.2, 0.25) is 0 Å².